The highest BCUT2D eigenvalue weighted by molar-refractivity contribution is 9.10. The Kier molecular flexibility index (Phi) is 5.70. The molecule has 2 N–H and O–H groups in total. The number of anilines is 1. The maximum atomic E-state index is 11.8. The maximum absolute atomic E-state index is 11.8. The van der Waals surface area contributed by atoms with Crippen molar-refractivity contribution in [3.05, 3.63) is 16.0 Å². The fourth-order valence-electron chi connectivity index (χ4n) is 1.25. The van der Waals surface area contributed by atoms with Crippen molar-refractivity contribution in [1.29, 1.82) is 0 Å². The molecule has 0 atom stereocenters. The van der Waals surface area contributed by atoms with Crippen molar-refractivity contribution < 1.29 is 13.5 Å². The van der Waals surface area contributed by atoms with Gasteiger partial charge in [0.15, 0.2) is 0 Å². The Balaban J connectivity index is 2.57. The average Bonchev–Trinajstić information content (AvgIpc) is 2.28. The fraction of sp³-hybridized carbons (Fsp3) is 0.600. The Morgan fingerprint density at radius 3 is 2.71 bits per heavy atom. The number of ether oxygens (including phenoxy) is 1. The third-order valence-corrected chi connectivity index (χ3v) is 2.90. The maximum Gasteiger partial charge on any atom is 0.261 e. The summed E-state index contributed by atoms with van der Waals surface area (Å²) in [5, 5.41) is 0. The van der Waals surface area contributed by atoms with Crippen molar-refractivity contribution in [1.82, 2.24) is 9.97 Å². The molecule has 0 fully saturated rings. The number of nitrogen functional groups attached to an aromatic ring is 1. The van der Waals surface area contributed by atoms with Gasteiger partial charge in [0.05, 0.1) is 16.8 Å². The molecule has 0 saturated heterocycles. The topological polar surface area (TPSA) is 61.0 Å². The van der Waals surface area contributed by atoms with Crippen LogP contribution in [0.1, 0.15) is 18.4 Å². The number of hydrogen-bond acceptors (Lipinski definition) is 4. The quantitative estimate of drug-likeness (QED) is 0.818. The van der Waals surface area contributed by atoms with Gasteiger partial charge in [-0.3, -0.25) is 0 Å². The zero-order valence-electron chi connectivity index (χ0n) is 9.42. The molecule has 1 rings (SSSR count). The van der Waals surface area contributed by atoms with Crippen LogP contribution in [0.5, 0.6) is 0 Å². The third-order valence-electron chi connectivity index (χ3n) is 2.04. The number of rotatable bonds is 6. The van der Waals surface area contributed by atoms with Crippen molar-refractivity contribution in [2.75, 3.05) is 18.9 Å². The number of aromatic nitrogens is 2. The lowest BCUT2D eigenvalue weighted by atomic mass is 10.3. The molecule has 0 bridgehead atoms. The van der Waals surface area contributed by atoms with Gasteiger partial charge in [-0.05, 0) is 22.4 Å². The smallest absolute Gasteiger partial charge is 0.261 e. The van der Waals surface area contributed by atoms with Crippen molar-refractivity contribution >= 4 is 21.7 Å². The SMILES string of the molecule is CCc1nc(CCOCC(F)F)nc(N)c1Br. The minimum Gasteiger partial charge on any atom is -0.383 e. The van der Waals surface area contributed by atoms with Gasteiger partial charge in [-0.25, -0.2) is 18.7 Å². The lowest BCUT2D eigenvalue weighted by Gasteiger charge is -2.07. The monoisotopic (exact) mass is 309 g/mol. The van der Waals surface area contributed by atoms with E-state index in [4.69, 9.17) is 10.5 Å². The molecule has 0 aliphatic rings. The number of halogens is 3. The van der Waals surface area contributed by atoms with Crippen LogP contribution in [0.15, 0.2) is 4.47 Å². The predicted molar refractivity (Wildman–Crippen MR) is 64.0 cm³/mol. The first kappa shape index (κ1) is 14.2. The second-order valence-corrected chi connectivity index (χ2v) is 4.15. The van der Waals surface area contributed by atoms with Gasteiger partial charge in [0.25, 0.3) is 6.43 Å². The molecule has 1 aromatic heterocycles. The van der Waals surface area contributed by atoms with Crippen LogP contribution in [0, 0.1) is 0 Å². The van der Waals surface area contributed by atoms with Gasteiger partial charge >= 0.3 is 0 Å². The van der Waals surface area contributed by atoms with Gasteiger partial charge in [-0.2, -0.15) is 0 Å². The van der Waals surface area contributed by atoms with Gasteiger partial charge in [0.2, 0.25) is 0 Å². The van der Waals surface area contributed by atoms with E-state index in [2.05, 4.69) is 25.9 Å². The summed E-state index contributed by atoms with van der Waals surface area (Å²) in [6, 6.07) is 0. The summed E-state index contributed by atoms with van der Waals surface area (Å²) in [5.74, 6) is 0.873. The lowest BCUT2D eigenvalue weighted by molar-refractivity contribution is 0.0183. The number of alkyl halides is 2. The second kappa shape index (κ2) is 6.80. The van der Waals surface area contributed by atoms with E-state index in [-0.39, 0.29) is 6.61 Å². The molecule has 0 spiro atoms. The highest BCUT2D eigenvalue weighted by Crippen LogP contribution is 2.21. The number of nitrogens with two attached hydrogens (primary N) is 1. The van der Waals surface area contributed by atoms with Crippen LogP contribution in [-0.4, -0.2) is 29.6 Å². The molecule has 7 heteroatoms. The molecule has 17 heavy (non-hydrogen) atoms. The second-order valence-electron chi connectivity index (χ2n) is 3.36. The zero-order chi connectivity index (χ0) is 12.8. The minimum absolute atomic E-state index is 0.161. The van der Waals surface area contributed by atoms with Crippen LogP contribution >= 0.6 is 15.9 Å². The summed E-state index contributed by atoms with van der Waals surface area (Å²) in [7, 11) is 0. The van der Waals surface area contributed by atoms with Crippen molar-refractivity contribution in [2.45, 2.75) is 26.2 Å². The molecule has 0 saturated carbocycles. The first-order valence-electron chi connectivity index (χ1n) is 5.21. The summed E-state index contributed by atoms with van der Waals surface area (Å²) in [6.07, 6.45) is -1.35. The summed E-state index contributed by atoms with van der Waals surface area (Å²) in [4.78, 5) is 8.31. The molecular weight excluding hydrogens is 296 g/mol. The number of nitrogens with zero attached hydrogens (tertiary/aromatic N) is 2. The van der Waals surface area contributed by atoms with Crippen LogP contribution in [0.3, 0.4) is 0 Å². The summed E-state index contributed by atoms with van der Waals surface area (Å²) >= 11 is 3.29. The van der Waals surface area contributed by atoms with Gasteiger partial charge in [0.1, 0.15) is 18.2 Å². The Morgan fingerprint density at radius 2 is 2.12 bits per heavy atom. The Bertz CT molecular complexity index is 377. The molecule has 0 amide bonds. The molecule has 0 aromatic carbocycles. The van der Waals surface area contributed by atoms with Crippen molar-refractivity contribution in [3.63, 3.8) is 0 Å². The largest absolute Gasteiger partial charge is 0.383 e. The molecule has 96 valence electrons. The van der Waals surface area contributed by atoms with Gasteiger partial charge in [-0.15, -0.1) is 0 Å². The van der Waals surface area contributed by atoms with Crippen LogP contribution < -0.4 is 5.73 Å². The van der Waals surface area contributed by atoms with Crippen LogP contribution in [0.4, 0.5) is 14.6 Å². The molecular formula is C10H14BrF2N3O. The van der Waals surface area contributed by atoms with Crippen molar-refractivity contribution in [3.8, 4) is 0 Å². The van der Waals surface area contributed by atoms with Crippen LogP contribution in [-0.2, 0) is 17.6 Å². The van der Waals surface area contributed by atoms with E-state index < -0.39 is 13.0 Å². The Morgan fingerprint density at radius 1 is 1.41 bits per heavy atom. The first-order chi connectivity index (χ1) is 8.04. The van der Waals surface area contributed by atoms with E-state index in [1.165, 1.54) is 0 Å². The van der Waals surface area contributed by atoms with E-state index in [0.29, 0.717) is 22.5 Å². The fourth-order valence-corrected chi connectivity index (χ4v) is 1.71. The highest BCUT2D eigenvalue weighted by Gasteiger charge is 2.09. The van der Waals surface area contributed by atoms with E-state index >= 15 is 0 Å². The number of aryl methyl sites for hydroxylation is 1. The van der Waals surface area contributed by atoms with E-state index in [9.17, 15) is 8.78 Å². The summed E-state index contributed by atoms with van der Waals surface area (Å²) in [5.41, 5.74) is 6.50. The van der Waals surface area contributed by atoms with Crippen LogP contribution in [0.2, 0.25) is 0 Å². The standard InChI is InChI=1S/C10H14BrF2N3O/c1-2-6-9(11)10(14)16-8(15-6)3-4-17-5-7(12)13/h7H,2-5H2,1H3,(H2,14,15,16). The Hall–Kier alpha value is -0.820. The minimum atomic E-state index is -2.45. The average molecular weight is 310 g/mol. The highest BCUT2D eigenvalue weighted by atomic mass is 79.9. The molecule has 4 nitrogen and oxygen atoms in total. The van der Waals surface area contributed by atoms with E-state index in [1.807, 2.05) is 6.92 Å². The van der Waals surface area contributed by atoms with E-state index in [1.54, 1.807) is 0 Å². The summed E-state index contributed by atoms with van der Waals surface area (Å²) < 4.78 is 29.1. The molecule has 0 aliphatic carbocycles. The molecule has 0 radical (unpaired) electrons. The van der Waals surface area contributed by atoms with Crippen molar-refractivity contribution in [2.24, 2.45) is 0 Å². The molecule has 0 unspecified atom stereocenters. The van der Waals surface area contributed by atoms with Gasteiger partial charge in [0, 0.05) is 6.42 Å². The van der Waals surface area contributed by atoms with Gasteiger partial charge in [-0.1, -0.05) is 6.92 Å². The Labute approximate surface area is 107 Å². The normalized spacial score (nSPS) is 11.1. The van der Waals surface area contributed by atoms with Crippen LogP contribution in [0.25, 0.3) is 0 Å². The molecule has 0 aliphatic heterocycles. The summed E-state index contributed by atoms with van der Waals surface area (Å²) in [6.45, 7) is 1.55. The van der Waals surface area contributed by atoms with Gasteiger partial charge < -0.3 is 10.5 Å². The third kappa shape index (κ3) is 4.51. The number of hydrogen-bond donors (Lipinski definition) is 1. The predicted octanol–water partition coefficient (Wildman–Crippen LogP) is 2.21. The zero-order valence-corrected chi connectivity index (χ0v) is 11.0. The molecule has 1 heterocycles. The lowest BCUT2D eigenvalue weighted by Crippen LogP contribution is -2.10. The van der Waals surface area contributed by atoms with E-state index in [0.717, 1.165) is 12.1 Å². The molecule has 1 aromatic rings. The first-order valence-corrected chi connectivity index (χ1v) is 6.00.